The van der Waals surface area contributed by atoms with Crippen LogP contribution in [0, 0.1) is 6.92 Å². The Kier molecular flexibility index (Phi) is 5.69. The van der Waals surface area contributed by atoms with Crippen molar-refractivity contribution in [2.24, 2.45) is 0 Å². The van der Waals surface area contributed by atoms with Crippen molar-refractivity contribution in [1.29, 1.82) is 0 Å². The van der Waals surface area contributed by atoms with Crippen LogP contribution in [-0.2, 0) is 4.79 Å². The summed E-state index contributed by atoms with van der Waals surface area (Å²) in [6, 6.07) is 9.98. The highest BCUT2D eigenvalue weighted by Gasteiger charge is 2.31. The van der Waals surface area contributed by atoms with Crippen molar-refractivity contribution in [2.45, 2.75) is 45.2 Å². The Morgan fingerprint density at radius 2 is 1.85 bits per heavy atom. The predicted octanol–water partition coefficient (Wildman–Crippen LogP) is 2.20. The van der Waals surface area contributed by atoms with Crippen LogP contribution in [0.2, 0.25) is 0 Å². The molecule has 148 valence electrons. The van der Waals surface area contributed by atoms with Crippen LogP contribution in [-0.4, -0.2) is 85.0 Å². The van der Waals surface area contributed by atoms with E-state index in [2.05, 4.69) is 57.7 Å². The molecule has 2 heterocycles. The molecule has 1 atom stereocenters. The van der Waals surface area contributed by atoms with Gasteiger partial charge in [-0.15, -0.1) is 0 Å². The second-order valence-corrected chi connectivity index (χ2v) is 8.62. The third-order valence-corrected chi connectivity index (χ3v) is 6.66. The van der Waals surface area contributed by atoms with E-state index in [1.165, 1.54) is 30.5 Å². The van der Waals surface area contributed by atoms with Crippen LogP contribution in [0.3, 0.4) is 0 Å². The van der Waals surface area contributed by atoms with Gasteiger partial charge in [-0.3, -0.25) is 14.6 Å². The van der Waals surface area contributed by atoms with Crippen molar-refractivity contribution in [2.75, 3.05) is 57.3 Å². The van der Waals surface area contributed by atoms with Crippen molar-refractivity contribution in [1.82, 2.24) is 14.7 Å². The third kappa shape index (κ3) is 4.30. The Bertz CT molecular complexity index is 651. The van der Waals surface area contributed by atoms with Crippen LogP contribution in [0.5, 0.6) is 0 Å². The molecule has 1 aromatic carbocycles. The lowest BCUT2D eigenvalue weighted by Gasteiger charge is -2.44. The molecule has 0 radical (unpaired) electrons. The van der Waals surface area contributed by atoms with E-state index in [0.717, 1.165) is 51.9 Å². The van der Waals surface area contributed by atoms with Crippen LogP contribution in [0.15, 0.2) is 24.3 Å². The van der Waals surface area contributed by atoms with E-state index in [9.17, 15) is 4.79 Å². The van der Waals surface area contributed by atoms with E-state index in [-0.39, 0.29) is 0 Å². The molecule has 2 aliphatic heterocycles. The Morgan fingerprint density at radius 3 is 2.48 bits per heavy atom. The van der Waals surface area contributed by atoms with Gasteiger partial charge in [-0.25, -0.2) is 0 Å². The van der Waals surface area contributed by atoms with Crippen LogP contribution < -0.4 is 4.90 Å². The smallest absolute Gasteiger partial charge is 0.236 e. The second kappa shape index (κ2) is 8.19. The summed E-state index contributed by atoms with van der Waals surface area (Å²) in [5.41, 5.74) is 2.61. The number of piperazine rings is 2. The average molecular weight is 371 g/mol. The van der Waals surface area contributed by atoms with Gasteiger partial charge in [-0.2, -0.15) is 0 Å². The number of nitrogens with zero attached hydrogens (tertiary/aromatic N) is 4. The fourth-order valence-electron chi connectivity index (χ4n) is 4.75. The van der Waals surface area contributed by atoms with Crippen molar-refractivity contribution < 1.29 is 4.79 Å². The number of hydrogen-bond donors (Lipinski definition) is 0. The van der Waals surface area contributed by atoms with E-state index in [1.807, 2.05) is 0 Å². The molecule has 1 unspecified atom stereocenters. The lowest BCUT2D eigenvalue weighted by Crippen LogP contribution is -2.57. The van der Waals surface area contributed by atoms with E-state index in [4.69, 9.17) is 0 Å². The zero-order valence-corrected chi connectivity index (χ0v) is 16.9. The molecule has 0 N–H and O–H groups in total. The van der Waals surface area contributed by atoms with Gasteiger partial charge in [0.15, 0.2) is 0 Å². The topological polar surface area (TPSA) is 30.0 Å². The normalized spacial score (nSPS) is 25.5. The van der Waals surface area contributed by atoms with Gasteiger partial charge in [0.25, 0.3) is 0 Å². The first-order valence-corrected chi connectivity index (χ1v) is 10.7. The number of carbonyl (C=O) groups is 1. The summed E-state index contributed by atoms with van der Waals surface area (Å²) in [4.78, 5) is 22.3. The molecule has 4 rings (SSSR count). The summed E-state index contributed by atoms with van der Waals surface area (Å²) in [7, 11) is 0. The zero-order chi connectivity index (χ0) is 18.8. The van der Waals surface area contributed by atoms with Gasteiger partial charge in [0, 0.05) is 63.6 Å². The number of anilines is 1. The van der Waals surface area contributed by atoms with Crippen LogP contribution in [0.25, 0.3) is 0 Å². The molecule has 0 aromatic heterocycles. The molecule has 1 aromatic rings. The van der Waals surface area contributed by atoms with Gasteiger partial charge in [0.1, 0.15) is 0 Å². The average Bonchev–Trinajstić information content (AvgIpc) is 2.61. The molecule has 3 aliphatic rings. The minimum Gasteiger partial charge on any atom is -0.366 e. The van der Waals surface area contributed by atoms with Crippen molar-refractivity contribution in [3.63, 3.8) is 0 Å². The standard InChI is InChI=1S/C22H34N4O/c1-18-5-3-8-21(15-18)26-14-9-23(16-19(26)2)17-22(27)25-12-10-24(11-13-25)20-6-4-7-20/h3,5,8,15,19-20H,4,6-7,9-14,16-17H2,1-2H3. The highest BCUT2D eigenvalue weighted by molar-refractivity contribution is 5.78. The molecule has 1 amide bonds. The van der Waals surface area contributed by atoms with Crippen molar-refractivity contribution in [3.8, 4) is 0 Å². The van der Waals surface area contributed by atoms with Gasteiger partial charge in [0.2, 0.25) is 5.91 Å². The largest absolute Gasteiger partial charge is 0.366 e. The maximum atomic E-state index is 12.8. The van der Waals surface area contributed by atoms with Crippen molar-refractivity contribution >= 4 is 11.6 Å². The van der Waals surface area contributed by atoms with E-state index >= 15 is 0 Å². The highest BCUT2D eigenvalue weighted by atomic mass is 16.2. The number of benzene rings is 1. The third-order valence-electron chi connectivity index (χ3n) is 6.66. The second-order valence-electron chi connectivity index (χ2n) is 8.62. The highest BCUT2D eigenvalue weighted by Crippen LogP contribution is 2.26. The van der Waals surface area contributed by atoms with Crippen LogP contribution in [0.4, 0.5) is 5.69 Å². The molecule has 27 heavy (non-hydrogen) atoms. The summed E-state index contributed by atoms with van der Waals surface area (Å²) >= 11 is 0. The molecular weight excluding hydrogens is 336 g/mol. The Hall–Kier alpha value is -1.59. The first kappa shape index (κ1) is 18.8. The quantitative estimate of drug-likeness (QED) is 0.813. The van der Waals surface area contributed by atoms with Gasteiger partial charge >= 0.3 is 0 Å². The van der Waals surface area contributed by atoms with Crippen LogP contribution >= 0.6 is 0 Å². The maximum absolute atomic E-state index is 12.8. The predicted molar refractivity (Wildman–Crippen MR) is 110 cm³/mol. The molecule has 5 heteroatoms. The molecule has 0 bridgehead atoms. The molecule has 0 spiro atoms. The Morgan fingerprint density at radius 1 is 1.07 bits per heavy atom. The number of carbonyl (C=O) groups excluding carboxylic acids is 1. The number of aryl methyl sites for hydroxylation is 1. The maximum Gasteiger partial charge on any atom is 0.236 e. The first-order valence-electron chi connectivity index (χ1n) is 10.7. The minimum atomic E-state index is 0.319. The molecule has 2 saturated heterocycles. The lowest BCUT2D eigenvalue weighted by molar-refractivity contribution is -0.135. The van der Waals surface area contributed by atoms with Gasteiger partial charge < -0.3 is 9.80 Å². The molecule has 1 aliphatic carbocycles. The van der Waals surface area contributed by atoms with E-state index in [0.29, 0.717) is 18.5 Å². The monoisotopic (exact) mass is 370 g/mol. The van der Waals surface area contributed by atoms with Crippen LogP contribution in [0.1, 0.15) is 31.7 Å². The summed E-state index contributed by atoms with van der Waals surface area (Å²) in [5, 5.41) is 0. The zero-order valence-electron chi connectivity index (χ0n) is 16.9. The Labute approximate surface area is 163 Å². The molecular formula is C22H34N4O. The number of rotatable bonds is 4. The minimum absolute atomic E-state index is 0.319. The molecule has 3 fully saturated rings. The van der Waals surface area contributed by atoms with Gasteiger partial charge in [-0.1, -0.05) is 18.6 Å². The first-order chi connectivity index (χ1) is 13.1. The van der Waals surface area contributed by atoms with E-state index < -0.39 is 0 Å². The van der Waals surface area contributed by atoms with E-state index in [1.54, 1.807) is 0 Å². The number of amides is 1. The SMILES string of the molecule is Cc1cccc(N2CCN(CC(=O)N3CCN(C4CCC4)CC3)CC2C)c1. The Balaban J connectivity index is 1.25. The molecule has 1 saturated carbocycles. The van der Waals surface area contributed by atoms with Gasteiger partial charge in [-0.05, 0) is 44.4 Å². The fourth-order valence-corrected chi connectivity index (χ4v) is 4.75. The van der Waals surface area contributed by atoms with Crippen molar-refractivity contribution in [3.05, 3.63) is 29.8 Å². The lowest BCUT2D eigenvalue weighted by atomic mass is 9.91. The summed E-state index contributed by atoms with van der Waals surface area (Å²) < 4.78 is 0. The molecule has 5 nitrogen and oxygen atoms in total. The van der Waals surface area contributed by atoms with Gasteiger partial charge in [0.05, 0.1) is 6.54 Å². The fraction of sp³-hybridized carbons (Fsp3) is 0.682. The summed E-state index contributed by atoms with van der Waals surface area (Å²) in [6.45, 7) is 11.9. The summed E-state index contributed by atoms with van der Waals surface area (Å²) in [5.74, 6) is 0.319. The summed E-state index contributed by atoms with van der Waals surface area (Å²) in [6.07, 6.45) is 4.10. The number of hydrogen-bond acceptors (Lipinski definition) is 4.